The third-order valence-electron chi connectivity index (χ3n) is 3.04. The van der Waals surface area contributed by atoms with Gasteiger partial charge in [0.1, 0.15) is 0 Å². The van der Waals surface area contributed by atoms with E-state index >= 15 is 0 Å². The number of benzene rings is 1. The monoisotopic (exact) mass is 233 g/mol. The van der Waals surface area contributed by atoms with Crippen LogP contribution in [0.1, 0.15) is 31.9 Å². The van der Waals surface area contributed by atoms with Gasteiger partial charge in [-0.2, -0.15) is 0 Å². The molecule has 0 unspecified atom stereocenters. The highest BCUT2D eigenvalue weighted by Gasteiger charge is 2.35. The maximum absolute atomic E-state index is 12.0. The number of ether oxygens (including phenoxy) is 1. The maximum atomic E-state index is 12.0. The lowest BCUT2D eigenvalue weighted by Crippen LogP contribution is -2.26. The largest absolute Gasteiger partial charge is 0.463 e. The van der Waals surface area contributed by atoms with Crippen molar-refractivity contribution in [3.63, 3.8) is 0 Å². The Balaban J connectivity index is 2.10. The van der Waals surface area contributed by atoms with Crippen LogP contribution in [-0.2, 0) is 9.53 Å². The molecule has 1 aromatic carbocycles. The van der Waals surface area contributed by atoms with Gasteiger partial charge >= 0.3 is 5.97 Å². The Morgan fingerprint density at radius 3 is 2.71 bits per heavy atom. The van der Waals surface area contributed by atoms with Crippen molar-refractivity contribution in [2.45, 2.75) is 32.4 Å². The van der Waals surface area contributed by atoms with E-state index in [1.165, 1.54) is 0 Å². The van der Waals surface area contributed by atoms with Gasteiger partial charge in [-0.25, -0.2) is 0 Å². The van der Waals surface area contributed by atoms with Gasteiger partial charge in [-0.05, 0) is 32.4 Å². The molecule has 3 nitrogen and oxygen atoms in total. The van der Waals surface area contributed by atoms with E-state index in [2.05, 4.69) is 17.4 Å². The number of carbonyl (C=O) groups is 1. The fourth-order valence-corrected chi connectivity index (χ4v) is 2.29. The summed E-state index contributed by atoms with van der Waals surface area (Å²) in [6.45, 7) is 4.65. The summed E-state index contributed by atoms with van der Waals surface area (Å²) in [5.74, 6) is -0.140. The van der Waals surface area contributed by atoms with Gasteiger partial charge in [0.15, 0.2) is 0 Å². The molecule has 3 heteroatoms. The molecule has 17 heavy (non-hydrogen) atoms. The molecule has 0 bridgehead atoms. The van der Waals surface area contributed by atoms with E-state index in [-0.39, 0.29) is 24.0 Å². The zero-order valence-electron chi connectivity index (χ0n) is 10.3. The summed E-state index contributed by atoms with van der Waals surface area (Å²) < 4.78 is 5.31. The Morgan fingerprint density at radius 1 is 1.35 bits per heavy atom. The van der Waals surface area contributed by atoms with Crippen LogP contribution in [0.4, 0.5) is 0 Å². The van der Waals surface area contributed by atoms with Gasteiger partial charge in [0, 0.05) is 6.04 Å². The van der Waals surface area contributed by atoms with Gasteiger partial charge in [0.05, 0.1) is 12.0 Å². The average Bonchev–Trinajstić information content (AvgIpc) is 2.78. The molecule has 1 fully saturated rings. The minimum atomic E-state index is -0.0844. The molecule has 1 N–H and O–H groups in total. The van der Waals surface area contributed by atoms with Crippen LogP contribution in [0.15, 0.2) is 30.3 Å². The highest BCUT2D eigenvalue weighted by Crippen LogP contribution is 2.30. The molecule has 1 aliphatic heterocycles. The molecule has 1 aliphatic rings. The van der Waals surface area contributed by atoms with E-state index in [0.29, 0.717) is 0 Å². The second-order valence-electron chi connectivity index (χ2n) is 4.72. The predicted molar refractivity (Wildman–Crippen MR) is 66.5 cm³/mol. The summed E-state index contributed by atoms with van der Waals surface area (Å²) in [7, 11) is 0. The lowest BCUT2D eigenvalue weighted by Gasteiger charge is -2.20. The number of nitrogens with one attached hydrogen (secondary N) is 1. The standard InChI is InChI=1S/C14H19NO2/c1-10(2)17-14(16)12-8-9-15-13(12)11-6-4-3-5-7-11/h3-7,10,12-13,15H,8-9H2,1-2H3/t12-,13+/m0/s1. The van der Waals surface area contributed by atoms with Crippen molar-refractivity contribution < 1.29 is 9.53 Å². The molecular weight excluding hydrogens is 214 g/mol. The summed E-state index contributed by atoms with van der Waals surface area (Å²) in [5.41, 5.74) is 1.16. The first-order chi connectivity index (χ1) is 8.18. The van der Waals surface area contributed by atoms with Crippen LogP contribution in [0.3, 0.4) is 0 Å². The number of hydrogen-bond acceptors (Lipinski definition) is 3. The first-order valence-electron chi connectivity index (χ1n) is 6.17. The lowest BCUT2D eigenvalue weighted by molar-refractivity contribution is -0.152. The summed E-state index contributed by atoms with van der Waals surface area (Å²) in [6, 6.07) is 10.2. The first-order valence-corrected chi connectivity index (χ1v) is 6.17. The van der Waals surface area contributed by atoms with Crippen LogP contribution >= 0.6 is 0 Å². The van der Waals surface area contributed by atoms with Crippen LogP contribution in [0.2, 0.25) is 0 Å². The molecule has 0 saturated carbocycles. The minimum absolute atomic E-state index is 0.0421. The Morgan fingerprint density at radius 2 is 2.06 bits per heavy atom. The summed E-state index contributed by atoms with van der Waals surface area (Å²) in [6.07, 6.45) is 0.810. The van der Waals surface area contributed by atoms with E-state index in [9.17, 15) is 4.79 Å². The Kier molecular flexibility index (Phi) is 3.79. The van der Waals surface area contributed by atoms with E-state index in [4.69, 9.17) is 4.74 Å². The molecule has 0 radical (unpaired) electrons. The number of hydrogen-bond donors (Lipinski definition) is 1. The van der Waals surface area contributed by atoms with Crippen molar-refractivity contribution in [3.05, 3.63) is 35.9 Å². The fourth-order valence-electron chi connectivity index (χ4n) is 2.29. The van der Waals surface area contributed by atoms with Crippen molar-refractivity contribution in [1.82, 2.24) is 5.32 Å². The summed E-state index contributed by atoms with van der Waals surface area (Å²) in [5, 5.41) is 3.38. The smallest absolute Gasteiger partial charge is 0.311 e. The molecule has 92 valence electrons. The predicted octanol–water partition coefficient (Wildman–Crippen LogP) is 2.29. The normalized spacial score (nSPS) is 23.9. The van der Waals surface area contributed by atoms with Crippen molar-refractivity contribution >= 4 is 5.97 Å². The molecule has 1 aromatic rings. The van der Waals surface area contributed by atoms with Crippen LogP contribution in [0.25, 0.3) is 0 Å². The SMILES string of the molecule is CC(C)OC(=O)[C@H]1CCN[C@@H]1c1ccccc1. The molecule has 1 saturated heterocycles. The zero-order chi connectivity index (χ0) is 12.3. The highest BCUT2D eigenvalue weighted by atomic mass is 16.5. The number of esters is 1. The number of carbonyl (C=O) groups excluding carboxylic acids is 1. The first kappa shape index (κ1) is 12.1. The molecule has 2 atom stereocenters. The second-order valence-corrected chi connectivity index (χ2v) is 4.72. The zero-order valence-corrected chi connectivity index (χ0v) is 10.3. The van der Waals surface area contributed by atoms with E-state index < -0.39 is 0 Å². The second kappa shape index (κ2) is 5.32. The Bertz CT molecular complexity index is 375. The van der Waals surface area contributed by atoms with E-state index in [1.807, 2.05) is 32.0 Å². The van der Waals surface area contributed by atoms with Gasteiger partial charge in [-0.1, -0.05) is 30.3 Å². The molecule has 2 rings (SSSR count). The van der Waals surface area contributed by atoms with Gasteiger partial charge in [0.25, 0.3) is 0 Å². The third kappa shape index (κ3) is 2.86. The van der Waals surface area contributed by atoms with Crippen LogP contribution < -0.4 is 5.32 Å². The maximum Gasteiger partial charge on any atom is 0.311 e. The highest BCUT2D eigenvalue weighted by molar-refractivity contribution is 5.74. The van der Waals surface area contributed by atoms with Crippen LogP contribution in [0, 0.1) is 5.92 Å². The Labute approximate surface area is 102 Å². The topological polar surface area (TPSA) is 38.3 Å². The van der Waals surface area contributed by atoms with Crippen molar-refractivity contribution in [2.24, 2.45) is 5.92 Å². The van der Waals surface area contributed by atoms with Crippen molar-refractivity contribution in [3.8, 4) is 0 Å². The molecule has 0 aromatic heterocycles. The lowest BCUT2D eigenvalue weighted by atomic mass is 9.94. The van der Waals surface area contributed by atoms with Crippen molar-refractivity contribution in [2.75, 3.05) is 6.54 Å². The van der Waals surface area contributed by atoms with Crippen LogP contribution in [0.5, 0.6) is 0 Å². The van der Waals surface area contributed by atoms with E-state index in [1.54, 1.807) is 0 Å². The van der Waals surface area contributed by atoms with Crippen LogP contribution in [-0.4, -0.2) is 18.6 Å². The van der Waals surface area contributed by atoms with E-state index in [0.717, 1.165) is 18.5 Å². The molecule has 0 amide bonds. The Hall–Kier alpha value is -1.35. The average molecular weight is 233 g/mol. The molecule has 1 heterocycles. The quantitative estimate of drug-likeness (QED) is 0.814. The van der Waals surface area contributed by atoms with Gasteiger partial charge < -0.3 is 10.1 Å². The van der Waals surface area contributed by atoms with Gasteiger partial charge in [0.2, 0.25) is 0 Å². The van der Waals surface area contributed by atoms with Gasteiger partial charge in [-0.15, -0.1) is 0 Å². The van der Waals surface area contributed by atoms with Crippen molar-refractivity contribution in [1.29, 1.82) is 0 Å². The number of rotatable bonds is 3. The summed E-state index contributed by atoms with van der Waals surface area (Å²) >= 11 is 0. The molecule has 0 spiro atoms. The fraction of sp³-hybridized carbons (Fsp3) is 0.500. The molecule has 0 aliphatic carbocycles. The summed E-state index contributed by atoms with van der Waals surface area (Å²) in [4.78, 5) is 12.0. The van der Waals surface area contributed by atoms with Gasteiger partial charge in [-0.3, -0.25) is 4.79 Å². The third-order valence-corrected chi connectivity index (χ3v) is 3.04. The molecular formula is C14H19NO2. The minimum Gasteiger partial charge on any atom is -0.463 e.